The molecule has 0 aliphatic rings. The van der Waals surface area contributed by atoms with Gasteiger partial charge in [0.05, 0.1) is 0 Å². The van der Waals surface area contributed by atoms with Gasteiger partial charge in [-0.15, -0.1) is 0 Å². The largest absolute Gasteiger partial charge is 0.745 e. The lowest BCUT2D eigenvalue weighted by Crippen LogP contribution is -2.27. The van der Waals surface area contributed by atoms with E-state index < -0.39 is 10.1 Å². The molecule has 0 unspecified atom stereocenters. The topological polar surface area (TPSA) is 61.1 Å². The SMILES string of the molecule is C=CS(=O)(=O)[O-].C[n+]1cccc2ccccc21. The normalized spacial score (nSPS) is 10.5. The molecule has 0 atom stereocenters. The van der Waals surface area contributed by atoms with E-state index in [2.05, 4.69) is 60.8 Å². The van der Waals surface area contributed by atoms with Crippen molar-refractivity contribution in [2.24, 2.45) is 7.05 Å². The van der Waals surface area contributed by atoms with Crippen LogP contribution in [0.1, 0.15) is 0 Å². The van der Waals surface area contributed by atoms with Crippen LogP contribution in [-0.2, 0) is 17.2 Å². The quantitative estimate of drug-likeness (QED) is 0.567. The number of hydrogen-bond acceptors (Lipinski definition) is 3. The first-order chi connectivity index (χ1) is 7.94. The zero-order valence-corrected chi connectivity index (χ0v) is 10.2. The van der Waals surface area contributed by atoms with E-state index in [1.54, 1.807) is 0 Å². The molecular weight excluding hydrogens is 238 g/mol. The fraction of sp³-hybridized carbons (Fsp3) is 0.0833. The second-order valence-electron chi connectivity index (χ2n) is 3.34. The van der Waals surface area contributed by atoms with Crippen LogP contribution in [0.25, 0.3) is 10.9 Å². The van der Waals surface area contributed by atoms with Gasteiger partial charge in [-0.1, -0.05) is 18.7 Å². The number of hydrogen-bond donors (Lipinski definition) is 0. The Kier molecular flexibility index (Phi) is 4.37. The molecule has 1 heterocycles. The molecule has 0 aliphatic carbocycles. The van der Waals surface area contributed by atoms with Gasteiger partial charge < -0.3 is 4.55 Å². The molecule has 0 saturated heterocycles. The van der Waals surface area contributed by atoms with E-state index in [1.165, 1.54) is 10.9 Å². The summed E-state index contributed by atoms with van der Waals surface area (Å²) < 4.78 is 30.1. The molecule has 2 aromatic rings. The predicted molar refractivity (Wildman–Crippen MR) is 65.0 cm³/mol. The van der Waals surface area contributed by atoms with Gasteiger partial charge in [-0.25, -0.2) is 13.0 Å². The third-order valence-electron chi connectivity index (χ3n) is 2.11. The molecule has 5 heteroatoms. The van der Waals surface area contributed by atoms with Crippen molar-refractivity contribution in [1.82, 2.24) is 0 Å². The third-order valence-corrected chi connectivity index (χ3v) is 2.51. The fourth-order valence-electron chi connectivity index (χ4n) is 1.31. The Morgan fingerprint density at radius 2 is 1.76 bits per heavy atom. The number of pyridine rings is 1. The van der Waals surface area contributed by atoms with Gasteiger partial charge in [0, 0.05) is 22.9 Å². The average Bonchev–Trinajstić information content (AvgIpc) is 2.30. The van der Waals surface area contributed by atoms with Crippen LogP contribution in [0, 0.1) is 0 Å². The fourth-order valence-corrected chi connectivity index (χ4v) is 1.31. The molecule has 90 valence electrons. The first-order valence-corrected chi connectivity index (χ1v) is 6.33. The first kappa shape index (κ1) is 13.3. The first-order valence-electron chi connectivity index (χ1n) is 4.86. The third kappa shape index (κ3) is 4.34. The molecule has 0 saturated carbocycles. The van der Waals surface area contributed by atoms with Crippen molar-refractivity contribution in [1.29, 1.82) is 0 Å². The van der Waals surface area contributed by atoms with Crippen LogP contribution in [0.2, 0.25) is 0 Å². The summed E-state index contributed by atoms with van der Waals surface area (Å²) in [4.78, 5) is 0. The van der Waals surface area contributed by atoms with Crippen molar-refractivity contribution in [2.75, 3.05) is 0 Å². The van der Waals surface area contributed by atoms with Gasteiger partial charge in [-0.3, -0.25) is 0 Å². The van der Waals surface area contributed by atoms with Crippen LogP contribution in [0.3, 0.4) is 0 Å². The predicted octanol–water partition coefficient (Wildman–Crippen LogP) is 1.34. The summed E-state index contributed by atoms with van der Waals surface area (Å²) in [6, 6.07) is 12.5. The zero-order valence-electron chi connectivity index (χ0n) is 9.41. The summed E-state index contributed by atoms with van der Waals surface area (Å²) in [5.41, 5.74) is 1.27. The summed E-state index contributed by atoms with van der Waals surface area (Å²) in [5.74, 6) is 0. The number of fused-ring (bicyclic) bond motifs is 1. The summed E-state index contributed by atoms with van der Waals surface area (Å²) in [7, 11) is -2.09. The van der Waals surface area contributed by atoms with Gasteiger partial charge >= 0.3 is 0 Å². The van der Waals surface area contributed by atoms with E-state index in [4.69, 9.17) is 0 Å². The molecule has 0 fully saturated rings. The van der Waals surface area contributed by atoms with E-state index in [0.717, 1.165) is 0 Å². The molecule has 0 radical (unpaired) electrons. The highest BCUT2D eigenvalue weighted by Crippen LogP contribution is 2.06. The number of nitrogens with zero attached hydrogens (tertiary/aromatic N) is 1. The highest BCUT2D eigenvalue weighted by molar-refractivity contribution is 7.88. The van der Waals surface area contributed by atoms with Crippen LogP contribution < -0.4 is 4.57 Å². The summed E-state index contributed by atoms with van der Waals surface area (Å²) in [5, 5.41) is 1.64. The van der Waals surface area contributed by atoms with Crippen molar-refractivity contribution >= 4 is 21.0 Å². The van der Waals surface area contributed by atoms with E-state index in [-0.39, 0.29) is 0 Å². The minimum atomic E-state index is -4.15. The Bertz CT molecular complexity index is 604. The highest BCUT2D eigenvalue weighted by Gasteiger charge is 1.99. The van der Waals surface area contributed by atoms with E-state index in [1.807, 2.05) is 0 Å². The molecule has 1 aromatic heterocycles. The van der Waals surface area contributed by atoms with Crippen molar-refractivity contribution in [3.8, 4) is 0 Å². The Balaban J connectivity index is 0.000000209. The molecule has 4 nitrogen and oxygen atoms in total. The number of aryl methyl sites for hydroxylation is 1. The van der Waals surface area contributed by atoms with Gasteiger partial charge in [-0.2, -0.15) is 0 Å². The van der Waals surface area contributed by atoms with E-state index >= 15 is 0 Å². The smallest absolute Gasteiger partial charge is 0.212 e. The van der Waals surface area contributed by atoms with Crippen molar-refractivity contribution < 1.29 is 17.5 Å². The molecule has 0 N–H and O–H groups in total. The van der Waals surface area contributed by atoms with Gasteiger partial charge in [-0.05, 0) is 12.1 Å². The summed E-state index contributed by atoms with van der Waals surface area (Å²) in [6.07, 6.45) is 2.06. The number of para-hydroxylation sites is 1. The lowest BCUT2D eigenvalue weighted by molar-refractivity contribution is -0.644. The molecular formula is C12H13NO3S. The Hall–Kier alpha value is -1.72. The van der Waals surface area contributed by atoms with E-state index in [0.29, 0.717) is 5.41 Å². The average molecular weight is 251 g/mol. The maximum absolute atomic E-state index is 9.33. The van der Waals surface area contributed by atoms with Crippen molar-refractivity contribution in [3.63, 3.8) is 0 Å². The standard InChI is InChI=1S/C10H10N.C2H4O3S/c1-11-8-4-6-9-5-2-3-7-10(9)11;1-2-6(3,4)5/h2-8H,1H3;2H,1H2,(H,3,4,5)/q+1;/p-1. The lowest BCUT2D eigenvalue weighted by Gasteiger charge is -1.93. The number of benzene rings is 1. The molecule has 0 amide bonds. The number of aromatic nitrogens is 1. The minimum absolute atomic E-state index is 0.354. The Labute approximate surface area is 101 Å². The highest BCUT2D eigenvalue weighted by atomic mass is 32.2. The molecule has 0 bridgehead atoms. The lowest BCUT2D eigenvalue weighted by atomic mass is 10.2. The minimum Gasteiger partial charge on any atom is -0.745 e. The monoisotopic (exact) mass is 251 g/mol. The van der Waals surface area contributed by atoms with Gasteiger partial charge in [0.25, 0.3) is 0 Å². The summed E-state index contributed by atoms with van der Waals surface area (Å²) >= 11 is 0. The van der Waals surface area contributed by atoms with E-state index in [9.17, 15) is 13.0 Å². The second kappa shape index (κ2) is 5.56. The maximum Gasteiger partial charge on any atom is 0.212 e. The van der Waals surface area contributed by atoms with Gasteiger partial charge in [0.2, 0.25) is 5.52 Å². The molecule has 0 spiro atoms. The molecule has 2 rings (SSSR count). The van der Waals surface area contributed by atoms with Crippen LogP contribution in [0.5, 0.6) is 0 Å². The van der Waals surface area contributed by atoms with Crippen molar-refractivity contribution in [3.05, 3.63) is 54.6 Å². The zero-order chi connectivity index (χ0) is 12.9. The van der Waals surface area contributed by atoms with Gasteiger partial charge in [0.1, 0.15) is 17.2 Å². The van der Waals surface area contributed by atoms with Crippen LogP contribution in [-0.4, -0.2) is 13.0 Å². The van der Waals surface area contributed by atoms with Crippen LogP contribution in [0.4, 0.5) is 0 Å². The molecule has 0 aliphatic heterocycles. The molecule has 1 aromatic carbocycles. The Morgan fingerprint density at radius 1 is 1.24 bits per heavy atom. The van der Waals surface area contributed by atoms with Crippen molar-refractivity contribution in [2.45, 2.75) is 0 Å². The Morgan fingerprint density at radius 3 is 2.29 bits per heavy atom. The number of rotatable bonds is 1. The second-order valence-corrected chi connectivity index (χ2v) is 4.66. The van der Waals surface area contributed by atoms with Gasteiger partial charge in [0.15, 0.2) is 6.20 Å². The van der Waals surface area contributed by atoms with Crippen LogP contribution >= 0.6 is 0 Å². The summed E-state index contributed by atoms with van der Waals surface area (Å²) in [6.45, 7) is 2.73. The molecule has 17 heavy (non-hydrogen) atoms. The maximum atomic E-state index is 9.33. The van der Waals surface area contributed by atoms with Crippen LogP contribution in [0.15, 0.2) is 54.6 Å².